The third kappa shape index (κ3) is 5.94. The molecule has 1 aromatic rings. The van der Waals surface area contributed by atoms with E-state index in [0.29, 0.717) is 25.9 Å². The van der Waals surface area contributed by atoms with Gasteiger partial charge in [0.15, 0.2) is 0 Å². The number of nitro benzene ring substituents is 1. The number of hydrogen-bond acceptors (Lipinski definition) is 6. The summed E-state index contributed by atoms with van der Waals surface area (Å²) in [6, 6.07) is 5.50. The van der Waals surface area contributed by atoms with Crippen molar-refractivity contribution in [1.82, 2.24) is 10.6 Å². The van der Waals surface area contributed by atoms with Gasteiger partial charge in [-0.15, -0.1) is 0 Å². The molecule has 0 unspecified atom stereocenters. The summed E-state index contributed by atoms with van der Waals surface area (Å²) in [4.78, 5) is 32.2. The molecule has 126 valence electrons. The lowest BCUT2D eigenvalue weighted by Crippen LogP contribution is -2.20. The molecule has 0 aliphatic heterocycles. The molecule has 24 heavy (non-hydrogen) atoms. The second-order valence-electron chi connectivity index (χ2n) is 4.43. The quantitative estimate of drug-likeness (QED) is 0.153. The van der Waals surface area contributed by atoms with Gasteiger partial charge in [-0.25, -0.2) is 0 Å². The maximum absolute atomic E-state index is 12.0. The topological polar surface area (TPSA) is 137 Å². The first kappa shape index (κ1) is 18.9. The van der Waals surface area contributed by atoms with E-state index in [1.807, 2.05) is 0 Å². The van der Waals surface area contributed by atoms with Gasteiger partial charge in [0.1, 0.15) is 16.7 Å². The van der Waals surface area contributed by atoms with Crippen LogP contribution in [0.15, 0.2) is 30.0 Å². The van der Waals surface area contributed by atoms with Gasteiger partial charge in [0.2, 0.25) is 6.41 Å². The number of benzene rings is 1. The van der Waals surface area contributed by atoms with Crippen molar-refractivity contribution >= 4 is 35.3 Å². The predicted molar refractivity (Wildman–Crippen MR) is 87.1 cm³/mol. The van der Waals surface area contributed by atoms with E-state index >= 15 is 0 Å². The van der Waals surface area contributed by atoms with E-state index < -0.39 is 10.8 Å². The molecule has 10 heteroatoms. The summed E-state index contributed by atoms with van der Waals surface area (Å²) in [6.45, 7) is 0.915. The fourth-order valence-corrected chi connectivity index (χ4v) is 1.79. The Morgan fingerprint density at radius 1 is 1.38 bits per heavy atom. The molecule has 0 heterocycles. The molecule has 0 atom stereocenters. The van der Waals surface area contributed by atoms with Crippen molar-refractivity contribution in [3.05, 3.63) is 45.1 Å². The number of carbonyl (C=O) groups is 2. The van der Waals surface area contributed by atoms with Crippen molar-refractivity contribution in [1.29, 1.82) is 5.26 Å². The summed E-state index contributed by atoms with van der Waals surface area (Å²) in [7, 11) is 0. The van der Waals surface area contributed by atoms with Gasteiger partial charge in [0.05, 0.1) is 4.92 Å². The van der Waals surface area contributed by atoms with Crippen LogP contribution in [0.2, 0.25) is 5.02 Å². The van der Waals surface area contributed by atoms with Gasteiger partial charge in [-0.1, -0.05) is 11.6 Å². The Morgan fingerprint density at radius 2 is 2.08 bits per heavy atom. The monoisotopic (exact) mass is 351 g/mol. The maximum atomic E-state index is 12.0. The molecular formula is C14H14ClN5O4. The molecule has 2 amide bonds. The normalized spacial score (nSPS) is 10.4. The van der Waals surface area contributed by atoms with Crippen molar-refractivity contribution < 1.29 is 14.5 Å². The van der Waals surface area contributed by atoms with Crippen LogP contribution >= 0.6 is 11.6 Å². The number of nitrogens with zero attached hydrogens (tertiary/aromatic N) is 2. The van der Waals surface area contributed by atoms with E-state index in [9.17, 15) is 19.7 Å². The van der Waals surface area contributed by atoms with Gasteiger partial charge >= 0.3 is 0 Å². The highest BCUT2D eigenvalue weighted by molar-refractivity contribution is 6.32. The molecule has 3 N–H and O–H groups in total. The fraction of sp³-hybridized carbons (Fsp3) is 0.214. The summed E-state index contributed by atoms with van der Waals surface area (Å²) in [6.07, 6.45) is 2.43. The van der Waals surface area contributed by atoms with Crippen LogP contribution in [0.25, 0.3) is 0 Å². The Kier molecular flexibility index (Phi) is 7.73. The Bertz CT molecular complexity index is 699. The van der Waals surface area contributed by atoms with E-state index in [0.717, 1.165) is 6.07 Å². The number of carbonyl (C=O) groups excluding carboxylic acids is 2. The van der Waals surface area contributed by atoms with E-state index in [1.54, 1.807) is 6.07 Å². The second kappa shape index (κ2) is 9.81. The van der Waals surface area contributed by atoms with Gasteiger partial charge in [0.25, 0.3) is 11.6 Å². The zero-order chi connectivity index (χ0) is 17.9. The standard InChI is InChI=1S/C14H14ClN5O4/c15-12-3-2-11(6-13(12)20(23)24)19-14(22)10(7-16)8-17-4-1-5-18-9-21/h2-3,6,8-9,17H,1,4-5H2,(H,18,21)(H,19,22)/b10-8-. The number of halogens is 1. The van der Waals surface area contributed by atoms with Crippen LogP contribution in [0.3, 0.4) is 0 Å². The number of hydrogen-bond donors (Lipinski definition) is 3. The van der Waals surface area contributed by atoms with E-state index in [4.69, 9.17) is 16.9 Å². The molecule has 0 saturated heterocycles. The van der Waals surface area contributed by atoms with Gasteiger partial charge in [-0.05, 0) is 18.6 Å². The molecule has 1 aromatic carbocycles. The highest BCUT2D eigenvalue weighted by Crippen LogP contribution is 2.27. The molecule has 0 aliphatic carbocycles. The Morgan fingerprint density at radius 3 is 2.71 bits per heavy atom. The summed E-state index contributed by atoms with van der Waals surface area (Å²) in [5.41, 5.74) is -0.402. The lowest BCUT2D eigenvalue weighted by atomic mass is 10.2. The molecule has 0 fully saturated rings. The number of rotatable bonds is 9. The first-order valence-corrected chi connectivity index (χ1v) is 7.13. The van der Waals surface area contributed by atoms with Crippen LogP contribution in [0.1, 0.15) is 6.42 Å². The average molecular weight is 352 g/mol. The minimum absolute atomic E-state index is 0.0559. The number of anilines is 1. The Balaban J connectivity index is 2.67. The zero-order valence-electron chi connectivity index (χ0n) is 12.4. The number of nitriles is 1. The van der Waals surface area contributed by atoms with E-state index in [-0.39, 0.29) is 22.0 Å². The SMILES string of the molecule is N#C/C(=C/NCCCNC=O)C(=O)Nc1ccc(Cl)c([N+](=O)[O-])c1. The summed E-state index contributed by atoms with van der Waals surface area (Å²) in [5.74, 6) is -0.715. The fourth-order valence-electron chi connectivity index (χ4n) is 1.60. The van der Waals surface area contributed by atoms with Gasteiger partial charge in [-0.2, -0.15) is 5.26 Å². The lowest BCUT2D eigenvalue weighted by molar-refractivity contribution is -0.384. The minimum atomic E-state index is -0.715. The molecule has 0 aliphatic rings. The first-order valence-electron chi connectivity index (χ1n) is 6.75. The molecule has 0 saturated carbocycles. The smallest absolute Gasteiger partial charge is 0.289 e. The second-order valence-corrected chi connectivity index (χ2v) is 4.83. The van der Waals surface area contributed by atoms with Crippen molar-refractivity contribution in [2.24, 2.45) is 0 Å². The summed E-state index contributed by atoms with van der Waals surface area (Å²) < 4.78 is 0. The zero-order valence-corrected chi connectivity index (χ0v) is 13.2. The predicted octanol–water partition coefficient (Wildman–Crippen LogP) is 1.32. The largest absolute Gasteiger partial charge is 0.390 e. The maximum Gasteiger partial charge on any atom is 0.289 e. The van der Waals surface area contributed by atoms with Crippen molar-refractivity contribution in [3.8, 4) is 6.07 Å². The first-order chi connectivity index (χ1) is 11.5. The number of amides is 2. The van der Waals surface area contributed by atoms with E-state index in [1.165, 1.54) is 18.3 Å². The van der Waals surface area contributed by atoms with E-state index in [2.05, 4.69) is 16.0 Å². The minimum Gasteiger partial charge on any atom is -0.390 e. The molecule has 9 nitrogen and oxygen atoms in total. The Labute approximate surface area is 142 Å². The molecule has 1 rings (SSSR count). The number of nitro groups is 1. The summed E-state index contributed by atoms with van der Waals surface area (Å²) in [5, 5.41) is 27.4. The molecule has 0 spiro atoms. The van der Waals surface area contributed by atoms with Gasteiger partial charge < -0.3 is 16.0 Å². The molecular weight excluding hydrogens is 338 g/mol. The molecule has 0 radical (unpaired) electrons. The van der Waals surface area contributed by atoms with Crippen LogP contribution in [-0.4, -0.2) is 30.3 Å². The molecule has 0 bridgehead atoms. The summed E-state index contributed by atoms with van der Waals surface area (Å²) >= 11 is 5.68. The van der Waals surface area contributed by atoms with Crippen LogP contribution in [0.5, 0.6) is 0 Å². The van der Waals surface area contributed by atoms with Crippen LogP contribution in [0.4, 0.5) is 11.4 Å². The van der Waals surface area contributed by atoms with Crippen LogP contribution in [-0.2, 0) is 9.59 Å². The average Bonchev–Trinajstić information content (AvgIpc) is 2.55. The third-order valence-electron chi connectivity index (χ3n) is 2.74. The van der Waals surface area contributed by atoms with Crippen LogP contribution in [0, 0.1) is 21.4 Å². The van der Waals surface area contributed by atoms with Gasteiger partial charge in [-0.3, -0.25) is 19.7 Å². The van der Waals surface area contributed by atoms with Crippen molar-refractivity contribution in [2.75, 3.05) is 18.4 Å². The highest BCUT2D eigenvalue weighted by atomic mass is 35.5. The Hall–Kier alpha value is -3.12. The van der Waals surface area contributed by atoms with Gasteiger partial charge in [0, 0.05) is 31.0 Å². The van der Waals surface area contributed by atoms with Crippen molar-refractivity contribution in [2.45, 2.75) is 6.42 Å². The lowest BCUT2D eigenvalue weighted by Gasteiger charge is -2.06. The molecule has 0 aromatic heterocycles. The number of nitrogens with one attached hydrogen (secondary N) is 3. The third-order valence-corrected chi connectivity index (χ3v) is 3.06. The van der Waals surface area contributed by atoms with Crippen molar-refractivity contribution in [3.63, 3.8) is 0 Å². The van der Waals surface area contributed by atoms with Crippen LogP contribution < -0.4 is 16.0 Å². The highest BCUT2D eigenvalue weighted by Gasteiger charge is 2.15.